The van der Waals surface area contributed by atoms with E-state index in [1.165, 1.54) is 19.3 Å². The fourth-order valence-corrected chi connectivity index (χ4v) is 5.53. The van der Waals surface area contributed by atoms with Crippen molar-refractivity contribution in [3.8, 4) is 11.3 Å². The Balaban J connectivity index is 1.19. The van der Waals surface area contributed by atoms with E-state index in [9.17, 15) is 4.79 Å². The van der Waals surface area contributed by atoms with Crippen molar-refractivity contribution in [3.05, 3.63) is 36.5 Å². The van der Waals surface area contributed by atoms with E-state index < -0.39 is 0 Å². The molecule has 1 amide bonds. The lowest BCUT2D eigenvalue weighted by Gasteiger charge is -2.49. The van der Waals surface area contributed by atoms with Gasteiger partial charge in [0.2, 0.25) is 5.91 Å². The predicted octanol–water partition coefficient (Wildman–Crippen LogP) is 3.10. The Hall–Kier alpha value is -2.21. The molecule has 4 aliphatic rings. The van der Waals surface area contributed by atoms with Crippen molar-refractivity contribution in [2.75, 3.05) is 13.1 Å². The van der Waals surface area contributed by atoms with Gasteiger partial charge in [-0.1, -0.05) is 54.8 Å². The second kappa shape index (κ2) is 8.27. The highest BCUT2D eigenvalue weighted by Gasteiger charge is 2.43. The summed E-state index contributed by atoms with van der Waals surface area (Å²) in [7, 11) is 0. The van der Waals surface area contributed by atoms with Gasteiger partial charge in [0.15, 0.2) is 0 Å². The van der Waals surface area contributed by atoms with Gasteiger partial charge < -0.3 is 5.32 Å². The first-order valence-electron chi connectivity index (χ1n) is 11.3. The zero-order chi connectivity index (χ0) is 19.6. The summed E-state index contributed by atoms with van der Waals surface area (Å²) >= 11 is 0. The van der Waals surface area contributed by atoms with Crippen molar-refractivity contribution < 1.29 is 4.79 Å². The maximum Gasteiger partial charge on any atom is 0.224 e. The van der Waals surface area contributed by atoms with E-state index in [1.807, 2.05) is 29.1 Å². The molecule has 4 atom stereocenters. The largest absolute Gasteiger partial charge is 0.353 e. The summed E-state index contributed by atoms with van der Waals surface area (Å²) in [6.45, 7) is 2.85. The molecular formula is C23H31N5O. The lowest BCUT2D eigenvalue weighted by Crippen LogP contribution is -2.58. The third-order valence-electron chi connectivity index (χ3n) is 7.17. The Morgan fingerprint density at radius 3 is 2.69 bits per heavy atom. The number of rotatable bonds is 5. The van der Waals surface area contributed by atoms with Gasteiger partial charge in [-0.25, -0.2) is 0 Å². The maximum atomic E-state index is 12.9. The molecule has 1 unspecified atom stereocenters. The van der Waals surface area contributed by atoms with Gasteiger partial charge in [-0.2, -0.15) is 0 Å². The molecule has 1 saturated carbocycles. The summed E-state index contributed by atoms with van der Waals surface area (Å²) in [4.78, 5) is 15.4. The number of nitrogens with zero attached hydrogens (tertiary/aromatic N) is 4. The van der Waals surface area contributed by atoms with Crippen LogP contribution >= 0.6 is 0 Å². The van der Waals surface area contributed by atoms with E-state index in [2.05, 4.69) is 32.7 Å². The standard InChI is InChI=1S/C23H31N5O/c29-23(24-19-9-5-2-6-10-19)21-15-27-12-11-18(21)13-20(27)14-28-16-22(25-26-28)17-7-3-1-4-8-17/h1,3-4,7-8,16,18-21H,2,5-6,9-15H2,(H,24,29)/t18-,20-,21-/m0/s1. The Kier molecular flexibility index (Phi) is 5.36. The summed E-state index contributed by atoms with van der Waals surface area (Å²) < 4.78 is 1.98. The second-order valence-corrected chi connectivity index (χ2v) is 9.08. The number of hydrogen-bond acceptors (Lipinski definition) is 4. The van der Waals surface area contributed by atoms with Gasteiger partial charge in [0, 0.05) is 24.2 Å². The minimum atomic E-state index is 0.164. The molecule has 6 heteroatoms. The van der Waals surface area contributed by atoms with Crippen molar-refractivity contribution in [1.29, 1.82) is 0 Å². The van der Waals surface area contributed by atoms with Gasteiger partial charge in [-0.05, 0) is 38.1 Å². The van der Waals surface area contributed by atoms with Gasteiger partial charge in [0.25, 0.3) is 0 Å². The lowest BCUT2D eigenvalue weighted by atomic mass is 9.75. The summed E-state index contributed by atoms with van der Waals surface area (Å²) in [5.41, 5.74) is 2.02. The second-order valence-electron chi connectivity index (χ2n) is 9.08. The normalized spacial score (nSPS) is 29.7. The van der Waals surface area contributed by atoms with E-state index >= 15 is 0 Å². The highest BCUT2D eigenvalue weighted by Crippen LogP contribution is 2.37. The third kappa shape index (κ3) is 4.08. The molecular weight excluding hydrogens is 362 g/mol. The van der Waals surface area contributed by atoms with Crippen LogP contribution in [0.4, 0.5) is 0 Å². The highest BCUT2D eigenvalue weighted by atomic mass is 16.2. The van der Waals surface area contributed by atoms with E-state index in [1.54, 1.807) is 0 Å². The van der Waals surface area contributed by atoms with Crippen molar-refractivity contribution in [2.24, 2.45) is 11.8 Å². The molecule has 1 N–H and O–H groups in total. The zero-order valence-corrected chi connectivity index (χ0v) is 17.0. The fourth-order valence-electron chi connectivity index (χ4n) is 5.53. The Labute approximate surface area is 172 Å². The molecule has 3 aliphatic heterocycles. The highest BCUT2D eigenvalue weighted by molar-refractivity contribution is 5.79. The molecule has 2 aromatic rings. The lowest BCUT2D eigenvalue weighted by molar-refractivity contribution is -0.134. The molecule has 4 fully saturated rings. The van der Waals surface area contributed by atoms with Crippen molar-refractivity contribution in [3.63, 3.8) is 0 Å². The quantitative estimate of drug-likeness (QED) is 0.848. The minimum absolute atomic E-state index is 0.164. The van der Waals surface area contributed by atoms with Crippen LogP contribution in [0.3, 0.4) is 0 Å². The molecule has 1 aliphatic carbocycles. The predicted molar refractivity (Wildman–Crippen MR) is 112 cm³/mol. The molecule has 6 rings (SSSR count). The number of carbonyl (C=O) groups excluding carboxylic acids is 1. The molecule has 0 spiro atoms. The molecule has 29 heavy (non-hydrogen) atoms. The molecule has 1 aromatic heterocycles. The van der Waals surface area contributed by atoms with Crippen molar-refractivity contribution in [1.82, 2.24) is 25.2 Å². The van der Waals surface area contributed by atoms with Gasteiger partial charge in [0.05, 0.1) is 18.7 Å². The fraction of sp³-hybridized carbons (Fsp3) is 0.609. The van der Waals surface area contributed by atoms with Crippen LogP contribution in [-0.4, -0.2) is 51.0 Å². The van der Waals surface area contributed by atoms with Crippen LogP contribution in [0.2, 0.25) is 0 Å². The summed E-state index contributed by atoms with van der Waals surface area (Å²) in [6.07, 6.45) is 10.4. The van der Waals surface area contributed by atoms with Crippen LogP contribution < -0.4 is 5.32 Å². The number of nitrogens with one attached hydrogen (secondary N) is 1. The number of benzene rings is 1. The monoisotopic (exact) mass is 393 g/mol. The van der Waals surface area contributed by atoms with E-state index in [0.29, 0.717) is 23.9 Å². The average Bonchev–Trinajstić information content (AvgIpc) is 3.24. The van der Waals surface area contributed by atoms with Crippen LogP contribution in [0.15, 0.2) is 36.5 Å². The number of fused-ring (bicyclic) bond motifs is 3. The van der Waals surface area contributed by atoms with Crippen LogP contribution in [0, 0.1) is 11.8 Å². The minimum Gasteiger partial charge on any atom is -0.353 e. The first kappa shape index (κ1) is 18.8. The Morgan fingerprint density at radius 2 is 1.93 bits per heavy atom. The summed E-state index contributed by atoms with van der Waals surface area (Å²) in [5.74, 6) is 0.973. The van der Waals surface area contributed by atoms with Gasteiger partial charge in [-0.15, -0.1) is 5.10 Å². The van der Waals surface area contributed by atoms with Gasteiger partial charge in [-0.3, -0.25) is 14.4 Å². The van der Waals surface area contributed by atoms with Gasteiger partial charge >= 0.3 is 0 Å². The van der Waals surface area contributed by atoms with Crippen LogP contribution in [-0.2, 0) is 11.3 Å². The first-order valence-corrected chi connectivity index (χ1v) is 11.3. The van der Waals surface area contributed by atoms with E-state index in [-0.39, 0.29) is 5.92 Å². The molecule has 2 bridgehead atoms. The SMILES string of the molecule is O=C(NC1CCCCC1)[C@H]1CN2CC[C@H]1C[C@H]2Cn1cc(-c2ccccc2)nn1. The Bertz CT molecular complexity index is 829. The number of carbonyl (C=O) groups is 1. The molecule has 0 radical (unpaired) electrons. The zero-order valence-electron chi connectivity index (χ0n) is 17.0. The molecule has 154 valence electrons. The number of piperidine rings is 3. The Morgan fingerprint density at radius 1 is 1.10 bits per heavy atom. The van der Waals surface area contributed by atoms with Crippen LogP contribution in [0.5, 0.6) is 0 Å². The van der Waals surface area contributed by atoms with Crippen molar-refractivity contribution in [2.45, 2.75) is 63.6 Å². The molecule has 6 nitrogen and oxygen atoms in total. The molecule has 1 aromatic carbocycles. The van der Waals surface area contributed by atoms with Crippen molar-refractivity contribution >= 4 is 5.91 Å². The van der Waals surface area contributed by atoms with E-state index in [0.717, 1.165) is 56.6 Å². The summed E-state index contributed by atoms with van der Waals surface area (Å²) in [5, 5.41) is 12.1. The van der Waals surface area contributed by atoms with Gasteiger partial charge in [0.1, 0.15) is 5.69 Å². The van der Waals surface area contributed by atoms with E-state index in [4.69, 9.17) is 0 Å². The number of hydrogen-bond donors (Lipinski definition) is 1. The summed E-state index contributed by atoms with van der Waals surface area (Å²) in [6, 6.07) is 11.1. The third-order valence-corrected chi connectivity index (χ3v) is 7.17. The molecule has 4 heterocycles. The average molecular weight is 394 g/mol. The van der Waals surface area contributed by atoms with Crippen LogP contribution in [0.25, 0.3) is 11.3 Å². The topological polar surface area (TPSA) is 63.1 Å². The first-order chi connectivity index (χ1) is 14.3. The maximum absolute atomic E-state index is 12.9. The van der Waals surface area contributed by atoms with Crippen LogP contribution in [0.1, 0.15) is 44.9 Å². The number of amides is 1. The molecule has 3 saturated heterocycles. The number of aromatic nitrogens is 3. The smallest absolute Gasteiger partial charge is 0.224 e.